The van der Waals surface area contributed by atoms with Gasteiger partial charge in [-0.2, -0.15) is 0 Å². The van der Waals surface area contributed by atoms with E-state index in [9.17, 15) is 4.79 Å². The molecular weight excluding hydrogens is 192 g/mol. The van der Waals surface area contributed by atoms with Gasteiger partial charge in [-0.1, -0.05) is 0 Å². The SMILES string of the molecule is CC(Cn1ccnc1)N1CCC(N)C1=O. The first-order valence-electron chi connectivity index (χ1n) is 5.20. The van der Waals surface area contributed by atoms with E-state index in [-0.39, 0.29) is 18.0 Å². The van der Waals surface area contributed by atoms with Gasteiger partial charge >= 0.3 is 0 Å². The lowest BCUT2D eigenvalue weighted by Gasteiger charge is -2.24. The van der Waals surface area contributed by atoms with Crippen LogP contribution in [0.4, 0.5) is 0 Å². The second kappa shape index (κ2) is 4.02. The van der Waals surface area contributed by atoms with E-state index >= 15 is 0 Å². The molecule has 15 heavy (non-hydrogen) atoms. The lowest BCUT2D eigenvalue weighted by atomic mass is 10.3. The summed E-state index contributed by atoms with van der Waals surface area (Å²) in [5.41, 5.74) is 5.67. The number of hydrogen-bond donors (Lipinski definition) is 1. The molecule has 0 spiro atoms. The van der Waals surface area contributed by atoms with E-state index in [1.54, 1.807) is 12.5 Å². The van der Waals surface area contributed by atoms with Crippen LogP contribution >= 0.6 is 0 Å². The molecule has 1 aliphatic rings. The molecule has 1 aromatic heterocycles. The van der Waals surface area contributed by atoms with Crippen molar-refractivity contribution in [2.75, 3.05) is 6.54 Å². The van der Waals surface area contributed by atoms with Gasteiger partial charge in [0.25, 0.3) is 0 Å². The highest BCUT2D eigenvalue weighted by atomic mass is 16.2. The average Bonchev–Trinajstić information content (AvgIpc) is 2.79. The molecule has 0 aromatic carbocycles. The Hall–Kier alpha value is -1.36. The monoisotopic (exact) mass is 208 g/mol. The van der Waals surface area contributed by atoms with Crippen LogP contribution in [0.2, 0.25) is 0 Å². The molecule has 1 amide bonds. The van der Waals surface area contributed by atoms with E-state index in [2.05, 4.69) is 4.98 Å². The number of carbonyl (C=O) groups is 1. The number of aromatic nitrogens is 2. The van der Waals surface area contributed by atoms with Gasteiger partial charge in [0.15, 0.2) is 0 Å². The number of hydrogen-bond acceptors (Lipinski definition) is 3. The van der Waals surface area contributed by atoms with E-state index in [1.165, 1.54) is 0 Å². The fourth-order valence-corrected chi connectivity index (χ4v) is 1.96. The Bertz CT molecular complexity index is 335. The first kappa shape index (κ1) is 10.2. The Kier molecular flexibility index (Phi) is 2.73. The number of nitrogens with zero attached hydrogens (tertiary/aromatic N) is 3. The molecule has 1 fully saturated rings. The fourth-order valence-electron chi connectivity index (χ4n) is 1.96. The number of rotatable bonds is 3. The highest BCUT2D eigenvalue weighted by Crippen LogP contribution is 2.13. The lowest BCUT2D eigenvalue weighted by Crippen LogP contribution is -2.41. The summed E-state index contributed by atoms with van der Waals surface area (Å²) in [6, 6.07) is -0.115. The van der Waals surface area contributed by atoms with Crippen molar-refractivity contribution < 1.29 is 4.79 Å². The third kappa shape index (κ3) is 2.02. The zero-order valence-corrected chi connectivity index (χ0v) is 8.84. The molecule has 5 heteroatoms. The standard InChI is InChI=1S/C10H16N4O/c1-8(6-13-5-3-12-7-13)14-4-2-9(11)10(14)15/h3,5,7-9H,2,4,6,11H2,1H3. The molecule has 0 saturated carbocycles. The van der Waals surface area contributed by atoms with E-state index in [0.717, 1.165) is 19.5 Å². The molecule has 1 saturated heterocycles. The minimum atomic E-state index is -0.296. The molecule has 5 nitrogen and oxygen atoms in total. The summed E-state index contributed by atoms with van der Waals surface area (Å²) in [7, 11) is 0. The fraction of sp³-hybridized carbons (Fsp3) is 0.600. The Morgan fingerprint density at radius 1 is 1.73 bits per heavy atom. The first-order valence-corrected chi connectivity index (χ1v) is 5.20. The van der Waals surface area contributed by atoms with Crippen molar-refractivity contribution >= 4 is 5.91 Å². The van der Waals surface area contributed by atoms with Crippen molar-refractivity contribution in [1.29, 1.82) is 0 Å². The van der Waals surface area contributed by atoms with Crippen LogP contribution in [0, 0.1) is 0 Å². The van der Waals surface area contributed by atoms with E-state index in [0.29, 0.717) is 0 Å². The summed E-state index contributed by atoms with van der Waals surface area (Å²) in [4.78, 5) is 17.5. The lowest BCUT2D eigenvalue weighted by molar-refractivity contribution is -0.130. The van der Waals surface area contributed by atoms with E-state index in [1.807, 2.05) is 22.6 Å². The quantitative estimate of drug-likeness (QED) is 0.750. The van der Waals surface area contributed by atoms with Crippen LogP contribution < -0.4 is 5.73 Å². The van der Waals surface area contributed by atoms with Crippen molar-refractivity contribution in [3.05, 3.63) is 18.7 Å². The van der Waals surface area contributed by atoms with Gasteiger partial charge < -0.3 is 15.2 Å². The molecule has 1 aliphatic heterocycles. The van der Waals surface area contributed by atoms with E-state index in [4.69, 9.17) is 5.73 Å². The second-order valence-electron chi connectivity index (χ2n) is 4.04. The third-order valence-corrected chi connectivity index (χ3v) is 2.85. The van der Waals surface area contributed by atoms with Crippen molar-refractivity contribution in [3.63, 3.8) is 0 Å². The maximum absolute atomic E-state index is 11.7. The van der Waals surface area contributed by atoms with Crippen molar-refractivity contribution in [1.82, 2.24) is 14.5 Å². The molecule has 0 radical (unpaired) electrons. The predicted octanol–water partition coefficient (Wildman–Crippen LogP) is -0.169. The molecule has 0 aliphatic carbocycles. The number of nitrogens with two attached hydrogens (primary N) is 1. The summed E-state index contributed by atoms with van der Waals surface area (Å²) >= 11 is 0. The summed E-state index contributed by atoms with van der Waals surface area (Å²) in [6.07, 6.45) is 6.17. The zero-order chi connectivity index (χ0) is 10.8. The number of amides is 1. The predicted molar refractivity (Wildman–Crippen MR) is 56.0 cm³/mol. The van der Waals surface area contributed by atoms with Crippen LogP contribution in [0.15, 0.2) is 18.7 Å². The van der Waals surface area contributed by atoms with Crippen molar-refractivity contribution in [2.45, 2.75) is 32.0 Å². The molecular formula is C10H16N4O. The first-order chi connectivity index (χ1) is 7.18. The minimum absolute atomic E-state index is 0.0719. The van der Waals surface area contributed by atoms with Gasteiger partial charge in [0.05, 0.1) is 12.4 Å². The third-order valence-electron chi connectivity index (χ3n) is 2.85. The van der Waals surface area contributed by atoms with Gasteiger partial charge in [-0.3, -0.25) is 4.79 Å². The van der Waals surface area contributed by atoms with Gasteiger partial charge in [-0.25, -0.2) is 4.98 Å². The maximum Gasteiger partial charge on any atom is 0.239 e. The number of imidazole rings is 1. The molecule has 2 unspecified atom stereocenters. The van der Waals surface area contributed by atoms with Crippen LogP contribution in [-0.2, 0) is 11.3 Å². The Labute approximate surface area is 88.9 Å². The van der Waals surface area contributed by atoms with Crippen LogP contribution in [0.3, 0.4) is 0 Å². The van der Waals surface area contributed by atoms with Crippen molar-refractivity contribution in [2.24, 2.45) is 5.73 Å². The van der Waals surface area contributed by atoms with Gasteiger partial charge in [-0.05, 0) is 13.3 Å². The van der Waals surface area contributed by atoms with Gasteiger partial charge in [0.2, 0.25) is 5.91 Å². The van der Waals surface area contributed by atoms with Gasteiger partial charge in [0.1, 0.15) is 0 Å². The molecule has 2 atom stereocenters. The summed E-state index contributed by atoms with van der Waals surface area (Å²) in [6.45, 7) is 3.59. The largest absolute Gasteiger partial charge is 0.337 e. The molecule has 2 rings (SSSR count). The minimum Gasteiger partial charge on any atom is -0.337 e. The topological polar surface area (TPSA) is 64.2 Å². The highest BCUT2D eigenvalue weighted by Gasteiger charge is 2.31. The summed E-state index contributed by atoms with van der Waals surface area (Å²) in [5, 5.41) is 0. The highest BCUT2D eigenvalue weighted by molar-refractivity contribution is 5.83. The Morgan fingerprint density at radius 3 is 3.07 bits per heavy atom. The molecule has 0 bridgehead atoms. The number of likely N-dealkylation sites (tertiary alicyclic amines) is 1. The van der Waals surface area contributed by atoms with Crippen LogP contribution in [-0.4, -0.2) is 39.0 Å². The number of carbonyl (C=O) groups excluding carboxylic acids is 1. The smallest absolute Gasteiger partial charge is 0.239 e. The molecule has 2 N–H and O–H groups in total. The summed E-state index contributed by atoms with van der Waals surface area (Å²) < 4.78 is 1.97. The normalized spacial score (nSPS) is 23.5. The van der Waals surface area contributed by atoms with Crippen molar-refractivity contribution in [3.8, 4) is 0 Å². The van der Waals surface area contributed by atoms with Gasteiger partial charge in [-0.15, -0.1) is 0 Å². The van der Waals surface area contributed by atoms with E-state index < -0.39 is 0 Å². The second-order valence-corrected chi connectivity index (χ2v) is 4.04. The maximum atomic E-state index is 11.7. The molecule has 82 valence electrons. The zero-order valence-electron chi connectivity index (χ0n) is 8.84. The Morgan fingerprint density at radius 2 is 2.53 bits per heavy atom. The van der Waals surface area contributed by atoms with Gasteiger partial charge in [0, 0.05) is 31.5 Å². The Balaban J connectivity index is 1.97. The average molecular weight is 208 g/mol. The van der Waals surface area contributed by atoms with Crippen LogP contribution in [0.25, 0.3) is 0 Å². The molecule has 2 heterocycles. The van der Waals surface area contributed by atoms with Crippen LogP contribution in [0.1, 0.15) is 13.3 Å². The molecule has 1 aromatic rings. The summed E-state index contributed by atoms with van der Waals surface area (Å²) in [5.74, 6) is 0.0719. The van der Waals surface area contributed by atoms with Crippen LogP contribution in [0.5, 0.6) is 0 Å².